The number of Topliss-reactive ketones (excluding diaryl/α,β-unsaturated/α-hetero) is 2. The minimum atomic E-state index is -1.65. The molecule has 0 heterocycles. The number of halogens is 4. The highest BCUT2D eigenvalue weighted by Gasteiger charge is 2.27. The number of rotatable bonds is 14. The van der Waals surface area contributed by atoms with Gasteiger partial charge in [0.05, 0.1) is 32.8 Å². The molecule has 0 spiro atoms. The van der Waals surface area contributed by atoms with E-state index in [1.165, 1.54) is 48.5 Å². The van der Waals surface area contributed by atoms with Crippen LogP contribution in [0.15, 0.2) is 130 Å². The monoisotopic (exact) mass is 858 g/mol. The van der Waals surface area contributed by atoms with Crippen molar-refractivity contribution >= 4 is 116 Å². The second-order valence-electron chi connectivity index (χ2n) is 12.3. The first-order valence-electron chi connectivity index (χ1n) is 16.9. The number of carbonyl (C=O) groups excluding carboxylic acids is 6. The van der Waals surface area contributed by atoms with Crippen molar-refractivity contribution in [2.24, 2.45) is 20.5 Å². The molecule has 14 nitrogen and oxygen atoms in total. The van der Waals surface area contributed by atoms with Gasteiger partial charge in [0.1, 0.15) is 0 Å². The lowest BCUT2D eigenvalue weighted by Crippen LogP contribution is -2.32. The number of nitrogens with one attached hydrogen (secondary N) is 4. The van der Waals surface area contributed by atoms with Crippen molar-refractivity contribution in [3.8, 4) is 0 Å². The van der Waals surface area contributed by atoms with Crippen LogP contribution in [0, 0.1) is 0 Å². The average Bonchev–Trinajstić information content (AvgIpc) is 3.18. The van der Waals surface area contributed by atoms with E-state index in [-0.39, 0.29) is 54.0 Å². The van der Waals surface area contributed by atoms with Crippen LogP contribution in [-0.4, -0.2) is 47.3 Å². The lowest BCUT2D eigenvalue weighted by Gasteiger charge is -2.15. The Morgan fingerprint density at radius 1 is 0.483 bits per heavy atom. The smallest absolute Gasteiger partial charge is 0.258 e. The molecule has 5 rings (SSSR count). The van der Waals surface area contributed by atoms with Crippen LogP contribution < -0.4 is 21.3 Å². The average molecular weight is 861 g/mol. The standard InChI is InChI=1S/C40H30Cl4N8O6/c1-21(53)35(51-49-29-17-23(15-25(41)19-29)37(55)45-27-9-5-3-6-10-27)39(57)47-31-13-14-32(34(44)33(31)43)48-40(58)36(22(2)54)52-50-30-18-24(16-26(42)20-30)38(56)46-28-11-7-4-8-12-28/h3-20,35-36H,1-2H3,(H,45,55)(H,46,56)(H,47,57)(H,48,58). The van der Waals surface area contributed by atoms with Crippen LogP contribution >= 0.6 is 46.4 Å². The Hall–Kier alpha value is -6.32. The van der Waals surface area contributed by atoms with E-state index in [1.807, 2.05) is 0 Å². The first-order valence-corrected chi connectivity index (χ1v) is 18.5. The molecule has 0 radical (unpaired) electrons. The van der Waals surface area contributed by atoms with Crippen molar-refractivity contribution in [2.45, 2.75) is 25.9 Å². The summed E-state index contributed by atoms with van der Waals surface area (Å²) >= 11 is 25.3. The summed E-state index contributed by atoms with van der Waals surface area (Å²) in [5.74, 6) is -4.15. The van der Waals surface area contributed by atoms with E-state index in [1.54, 1.807) is 60.7 Å². The van der Waals surface area contributed by atoms with E-state index in [0.717, 1.165) is 13.8 Å². The Labute approximate surface area is 351 Å². The van der Waals surface area contributed by atoms with Crippen LogP contribution in [0.5, 0.6) is 0 Å². The van der Waals surface area contributed by atoms with E-state index in [0.29, 0.717) is 11.4 Å². The number of ketones is 2. The van der Waals surface area contributed by atoms with E-state index in [9.17, 15) is 28.8 Å². The Bertz CT molecular complexity index is 2300. The second kappa shape index (κ2) is 19.7. The maximum atomic E-state index is 13.2. The summed E-state index contributed by atoms with van der Waals surface area (Å²) in [6, 6.07) is 25.1. The normalized spacial score (nSPS) is 12.1. The number of nitrogens with zero attached hydrogens (tertiary/aromatic N) is 4. The van der Waals surface area contributed by atoms with Gasteiger partial charge in [0, 0.05) is 32.5 Å². The van der Waals surface area contributed by atoms with Crippen LogP contribution in [0.2, 0.25) is 20.1 Å². The van der Waals surface area contributed by atoms with Crippen molar-refractivity contribution in [2.75, 3.05) is 21.3 Å². The van der Waals surface area contributed by atoms with Gasteiger partial charge in [-0.1, -0.05) is 82.8 Å². The van der Waals surface area contributed by atoms with Crippen LogP contribution in [0.3, 0.4) is 0 Å². The molecule has 0 fully saturated rings. The van der Waals surface area contributed by atoms with Gasteiger partial charge in [0.2, 0.25) is 12.1 Å². The molecule has 0 aliphatic heterocycles. The molecule has 4 N–H and O–H groups in total. The zero-order valence-electron chi connectivity index (χ0n) is 30.3. The van der Waals surface area contributed by atoms with Gasteiger partial charge in [-0.2, -0.15) is 20.5 Å². The summed E-state index contributed by atoms with van der Waals surface area (Å²) in [6.45, 7) is 2.26. The number of hydrogen-bond acceptors (Lipinski definition) is 10. The molecule has 5 aromatic carbocycles. The third kappa shape index (κ3) is 11.6. The molecule has 5 aromatic rings. The second-order valence-corrected chi connectivity index (χ2v) is 13.9. The molecular weight excluding hydrogens is 830 g/mol. The highest BCUT2D eigenvalue weighted by atomic mass is 35.5. The lowest BCUT2D eigenvalue weighted by atomic mass is 10.1. The summed E-state index contributed by atoms with van der Waals surface area (Å²) in [6.07, 6.45) is 0. The van der Waals surface area contributed by atoms with Crippen molar-refractivity contribution in [3.05, 3.63) is 140 Å². The SMILES string of the molecule is CC(=O)C(N=Nc1cc(Cl)cc(C(=O)Nc2ccccc2)c1)C(=O)Nc1ccc(NC(=O)C(N=Nc2cc(Cl)cc(C(=O)Nc3ccccc3)c2)C(C)=O)c(Cl)c1Cl. The van der Waals surface area contributed by atoms with E-state index >= 15 is 0 Å². The van der Waals surface area contributed by atoms with Crippen LogP contribution in [0.1, 0.15) is 34.6 Å². The minimum Gasteiger partial charge on any atom is -0.322 e. The van der Waals surface area contributed by atoms with Crippen molar-refractivity contribution < 1.29 is 28.8 Å². The molecular formula is C40H30Cl4N8O6. The van der Waals surface area contributed by atoms with Crippen LogP contribution in [-0.2, 0) is 19.2 Å². The minimum absolute atomic E-state index is 0.0467. The molecule has 0 saturated heterocycles. The molecule has 0 aliphatic rings. The number of anilines is 4. The van der Waals surface area contributed by atoms with Crippen molar-refractivity contribution in [3.63, 3.8) is 0 Å². The topological polar surface area (TPSA) is 200 Å². The first kappa shape index (κ1) is 42.8. The zero-order chi connectivity index (χ0) is 41.9. The molecule has 18 heteroatoms. The lowest BCUT2D eigenvalue weighted by molar-refractivity contribution is -0.127. The molecule has 58 heavy (non-hydrogen) atoms. The molecule has 4 amide bonds. The Balaban J connectivity index is 1.26. The summed E-state index contributed by atoms with van der Waals surface area (Å²) in [4.78, 5) is 77.0. The third-order valence-electron chi connectivity index (χ3n) is 7.80. The summed E-state index contributed by atoms with van der Waals surface area (Å²) in [5, 5.41) is 26.0. The maximum Gasteiger partial charge on any atom is 0.258 e. The van der Waals surface area contributed by atoms with E-state index in [4.69, 9.17) is 46.4 Å². The van der Waals surface area contributed by atoms with Crippen LogP contribution in [0.4, 0.5) is 34.1 Å². The highest BCUT2D eigenvalue weighted by Crippen LogP contribution is 2.36. The third-order valence-corrected chi connectivity index (χ3v) is 9.11. The van der Waals surface area contributed by atoms with Gasteiger partial charge in [0.25, 0.3) is 23.6 Å². The number of carbonyl (C=O) groups is 6. The molecule has 0 aliphatic carbocycles. The summed E-state index contributed by atoms with van der Waals surface area (Å²) in [7, 11) is 0. The number of azo groups is 2. The van der Waals surface area contributed by atoms with Gasteiger partial charge in [-0.25, -0.2) is 0 Å². The van der Waals surface area contributed by atoms with E-state index in [2.05, 4.69) is 41.7 Å². The Morgan fingerprint density at radius 2 is 0.845 bits per heavy atom. The number of hydrogen-bond donors (Lipinski definition) is 4. The van der Waals surface area contributed by atoms with Gasteiger partial charge in [-0.15, -0.1) is 0 Å². The quantitative estimate of drug-likeness (QED) is 0.0632. The summed E-state index contributed by atoms with van der Waals surface area (Å²) < 4.78 is 0. The predicted octanol–water partition coefficient (Wildman–Crippen LogP) is 10.2. The molecule has 294 valence electrons. The molecule has 0 bridgehead atoms. The van der Waals surface area contributed by atoms with Crippen molar-refractivity contribution in [1.29, 1.82) is 0 Å². The Morgan fingerprint density at radius 3 is 1.19 bits per heavy atom. The zero-order valence-corrected chi connectivity index (χ0v) is 33.3. The number of para-hydroxylation sites is 2. The first-order chi connectivity index (χ1) is 27.7. The summed E-state index contributed by atoms with van der Waals surface area (Å²) in [5.41, 5.74) is 1.51. The van der Waals surface area contributed by atoms with Crippen molar-refractivity contribution in [1.82, 2.24) is 0 Å². The fourth-order valence-electron chi connectivity index (χ4n) is 5.01. The maximum absolute atomic E-state index is 13.2. The molecule has 2 atom stereocenters. The highest BCUT2D eigenvalue weighted by molar-refractivity contribution is 6.46. The molecule has 0 aromatic heterocycles. The van der Waals surface area contributed by atoms with Gasteiger partial charge >= 0.3 is 0 Å². The van der Waals surface area contributed by atoms with Gasteiger partial charge in [0.15, 0.2) is 11.6 Å². The van der Waals surface area contributed by atoms with E-state index < -0.39 is 47.3 Å². The fraction of sp³-hybridized carbons (Fsp3) is 0.100. The Kier molecular flexibility index (Phi) is 14.5. The largest absolute Gasteiger partial charge is 0.322 e. The number of amides is 4. The van der Waals surface area contributed by atoms with Crippen LogP contribution in [0.25, 0.3) is 0 Å². The predicted molar refractivity (Wildman–Crippen MR) is 223 cm³/mol. The van der Waals surface area contributed by atoms with Gasteiger partial charge in [-0.3, -0.25) is 28.8 Å². The van der Waals surface area contributed by atoms with Gasteiger partial charge < -0.3 is 21.3 Å². The fourth-order valence-corrected chi connectivity index (χ4v) is 5.89. The number of benzene rings is 5. The van der Waals surface area contributed by atoms with Gasteiger partial charge in [-0.05, 0) is 86.6 Å². The molecule has 0 saturated carbocycles. The molecule has 2 unspecified atom stereocenters.